The molecule has 0 radical (unpaired) electrons. The first-order chi connectivity index (χ1) is 7.90. The molecule has 1 aromatic rings. The second kappa shape index (κ2) is 4.42. The van der Waals surface area contributed by atoms with Crippen LogP contribution in [0.2, 0.25) is 0 Å². The predicted octanol–water partition coefficient (Wildman–Crippen LogP) is 1.81. The third-order valence-electron chi connectivity index (χ3n) is 3.48. The van der Waals surface area contributed by atoms with Crippen LogP contribution in [0.5, 0.6) is 0 Å². The van der Waals surface area contributed by atoms with Crippen LogP contribution in [0, 0.1) is 19.8 Å². The van der Waals surface area contributed by atoms with Gasteiger partial charge in [0.2, 0.25) is 0 Å². The Morgan fingerprint density at radius 3 is 2.47 bits per heavy atom. The summed E-state index contributed by atoms with van der Waals surface area (Å²) in [4.78, 5) is 0.400. The normalized spacial score (nSPS) is 18.1. The van der Waals surface area contributed by atoms with Gasteiger partial charge in [0.05, 0.1) is 10.6 Å². The van der Waals surface area contributed by atoms with Crippen LogP contribution >= 0.6 is 0 Å². The molecule has 1 aromatic carbocycles. The quantitative estimate of drug-likeness (QED) is 0.890. The van der Waals surface area contributed by atoms with Gasteiger partial charge in [-0.3, -0.25) is 0 Å². The number of rotatable bonds is 4. The van der Waals surface area contributed by atoms with Crippen molar-refractivity contribution in [1.82, 2.24) is 0 Å². The summed E-state index contributed by atoms with van der Waals surface area (Å²) in [6, 6.07) is 5.06. The highest BCUT2D eigenvalue weighted by molar-refractivity contribution is 7.91. The molecule has 94 valence electrons. The predicted molar refractivity (Wildman–Crippen MR) is 68.7 cm³/mol. The monoisotopic (exact) mass is 253 g/mol. The van der Waals surface area contributed by atoms with Gasteiger partial charge in [0.25, 0.3) is 0 Å². The van der Waals surface area contributed by atoms with Crippen molar-refractivity contribution in [3.8, 4) is 0 Å². The lowest BCUT2D eigenvalue weighted by Gasteiger charge is -2.12. The molecular weight excluding hydrogens is 234 g/mol. The minimum atomic E-state index is -3.23. The molecule has 4 heteroatoms. The fourth-order valence-electron chi connectivity index (χ4n) is 1.92. The van der Waals surface area contributed by atoms with E-state index in [0.717, 1.165) is 24.0 Å². The molecule has 1 fully saturated rings. The Bertz CT molecular complexity index is 518. The van der Waals surface area contributed by atoms with Crippen molar-refractivity contribution in [2.45, 2.75) is 37.6 Å². The van der Waals surface area contributed by atoms with Crippen LogP contribution in [-0.4, -0.2) is 20.2 Å². The summed E-state index contributed by atoms with van der Waals surface area (Å²) < 4.78 is 24.3. The van der Waals surface area contributed by atoms with E-state index in [4.69, 9.17) is 5.73 Å². The maximum Gasteiger partial charge on any atom is 0.179 e. The van der Waals surface area contributed by atoms with Gasteiger partial charge >= 0.3 is 0 Å². The Hall–Kier alpha value is -0.870. The molecule has 1 atom stereocenters. The van der Waals surface area contributed by atoms with Crippen LogP contribution in [0.25, 0.3) is 0 Å². The molecule has 17 heavy (non-hydrogen) atoms. The molecule has 0 heterocycles. The van der Waals surface area contributed by atoms with Gasteiger partial charge in [-0.2, -0.15) is 0 Å². The van der Waals surface area contributed by atoms with E-state index >= 15 is 0 Å². The SMILES string of the molecule is Cc1ccc(S(=O)(=O)CC(N)C2CC2)cc1C. The smallest absolute Gasteiger partial charge is 0.179 e. The molecule has 1 unspecified atom stereocenters. The Kier molecular flexibility index (Phi) is 3.27. The van der Waals surface area contributed by atoms with Crippen LogP contribution in [-0.2, 0) is 9.84 Å². The number of sulfone groups is 1. The summed E-state index contributed by atoms with van der Waals surface area (Å²) in [5.74, 6) is 0.483. The topological polar surface area (TPSA) is 60.2 Å². The van der Waals surface area contributed by atoms with Crippen molar-refractivity contribution in [2.24, 2.45) is 11.7 Å². The van der Waals surface area contributed by atoms with E-state index in [1.165, 1.54) is 0 Å². The third-order valence-corrected chi connectivity index (χ3v) is 5.27. The van der Waals surface area contributed by atoms with Crippen LogP contribution in [0.15, 0.2) is 23.1 Å². The number of hydrogen-bond donors (Lipinski definition) is 1. The number of nitrogens with two attached hydrogens (primary N) is 1. The van der Waals surface area contributed by atoms with E-state index < -0.39 is 9.84 Å². The van der Waals surface area contributed by atoms with Gasteiger partial charge in [-0.05, 0) is 55.9 Å². The first-order valence-electron chi connectivity index (χ1n) is 5.96. The zero-order valence-electron chi connectivity index (χ0n) is 10.3. The molecule has 0 saturated heterocycles. The molecule has 2 N–H and O–H groups in total. The van der Waals surface area contributed by atoms with Crippen LogP contribution < -0.4 is 5.73 Å². The van der Waals surface area contributed by atoms with E-state index in [-0.39, 0.29) is 11.8 Å². The molecule has 3 nitrogen and oxygen atoms in total. The number of aryl methyl sites for hydroxylation is 2. The first kappa shape index (κ1) is 12.6. The third kappa shape index (κ3) is 2.87. The zero-order valence-corrected chi connectivity index (χ0v) is 11.1. The summed E-state index contributed by atoms with van der Waals surface area (Å²) in [5, 5.41) is 0. The van der Waals surface area contributed by atoms with Gasteiger partial charge in [-0.1, -0.05) is 6.07 Å². The van der Waals surface area contributed by atoms with E-state index in [1.807, 2.05) is 19.9 Å². The molecule has 1 aliphatic rings. The summed E-state index contributed by atoms with van der Waals surface area (Å²) in [6.45, 7) is 3.90. The molecule has 0 amide bonds. The highest BCUT2D eigenvalue weighted by atomic mass is 32.2. The summed E-state index contributed by atoms with van der Waals surface area (Å²) in [6.07, 6.45) is 2.15. The fraction of sp³-hybridized carbons (Fsp3) is 0.538. The first-order valence-corrected chi connectivity index (χ1v) is 7.61. The van der Waals surface area contributed by atoms with Crippen molar-refractivity contribution in [1.29, 1.82) is 0 Å². The van der Waals surface area contributed by atoms with Gasteiger partial charge in [0.1, 0.15) is 0 Å². The van der Waals surface area contributed by atoms with Gasteiger partial charge in [0.15, 0.2) is 9.84 Å². The lowest BCUT2D eigenvalue weighted by Crippen LogP contribution is -2.31. The Morgan fingerprint density at radius 1 is 1.29 bits per heavy atom. The largest absolute Gasteiger partial charge is 0.327 e. The fourth-order valence-corrected chi connectivity index (χ4v) is 3.52. The molecule has 0 aromatic heterocycles. The summed E-state index contributed by atoms with van der Waals surface area (Å²) >= 11 is 0. The van der Waals surface area contributed by atoms with Crippen molar-refractivity contribution in [3.05, 3.63) is 29.3 Å². The Morgan fingerprint density at radius 2 is 1.94 bits per heavy atom. The van der Waals surface area contributed by atoms with E-state index in [1.54, 1.807) is 12.1 Å². The van der Waals surface area contributed by atoms with Gasteiger partial charge in [-0.15, -0.1) is 0 Å². The lowest BCUT2D eigenvalue weighted by molar-refractivity contribution is 0.574. The van der Waals surface area contributed by atoms with Crippen molar-refractivity contribution >= 4 is 9.84 Å². The molecule has 0 bridgehead atoms. The zero-order chi connectivity index (χ0) is 12.6. The standard InChI is InChI=1S/C13H19NO2S/c1-9-3-6-12(7-10(9)2)17(15,16)8-13(14)11-4-5-11/h3,6-7,11,13H,4-5,8,14H2,1-2H3. The highest BCUT2D eigenvalue weighted by Gasteiger charge is 2.32. The Labute approximate surface area is 103 Å². The molecule has 2 rings (SSSR count). The highest BCUT2D eigenvalue weighted by Crippen LogP contribution is 2.32. The summed E-state index contributed by atoms with van der Waals surface area (Å²) in [5.41, 5.74) is 8.00. The van der Waals surface area contributed by atoms with E-state index in [2.05, 4.69) is 0 Å². The molecule has 0 aliphatic heterocycles. The Balaban J connectivity index is 2.21. The lowest BCUT2D eigenvalue weighted by atomic mass is 10.1. The van der Waals surface area contributed by atoms with Crippen LogP contribution in [0.1, 0.15) is 24.0 Å². The maximum absolute atomic E-state index is 12.2. The average molecular weight is 253 g/mol. The maximum atomic E-state index is 12.2. The van der Waals surface area contributed by atoms with Crippen LogP contribution in [0.3, 0.4) is 0 Å². The van der Waals surface area contributed by atoms with Gasteiger partial charge in [0, 0.05) is 6.04 Å². The minimum Gasteiger partial charge on any atom is -0.327 e. The van der Waals surface area contributed by atoms with Crippen LogP contribution in [0.4, 0.5) is 0 Å². The number of benzene rings is 1. The average Bonchev–Trinajstić information content (AvgIpc) is 3.04. The second-order valence-electron chi connectivity index (χ2n) is 5.03. The summed E-state index contributed by atoms with van der Waals surface area (Å²) in [7, 11) is -3.23. The van der Waals surface area contributed by atoms with E-state index in [9.17, 15) is 8.42 Å². The molecule has 1 aliphatic carbocycles. The van der Waals surface area contributed by atoms with Gasteiger partial charge in [-0.25, -0.2) is 8.42 Å². The second-order valence-corrected chi connectivity index (χ2v) is 7.06. The minimum absolute atomic E-state index is 0.0696. The number of hydrogen-bond acceptors (Lipinski definition) is 3. The molecular formula is C13H19NO2S. The van der Waals surface area contributed by atoms with Gasteiger partial charge < -0.3 is 5.73 Å². The van der Waals surface area contributed by atoms with Crippen molar-refractivity contribution < 1.29 is 8.42 Å². The van der Waals surface area contributed by atoms with E-state index in [0.29, 0.717) is 10.8 Å². The van der Waals surface area contributed by atoms with Crippen molar-refractivity contribution in [3.63, 3.8) is 0 Å². The molecule has 0 spiro atoms. The molecule has 1 saturated carbocycles. The van der Waals surface area contributed by atoms with Crippen molar-refractivity contribution in [2.75, 3.05) is 5.75 Å².